The summed E-state index contributed by atoms with van der Waals surface area (Å²) < 4.78 is 26.3. The molecule has 2 atom stereocenters. The molecule has 2 nitrogen and oxygen atoms in total. The third-order valence-electron chi connectivity index (χ3n) is 4.00. The number of hydrogen-bond donors (Lipinski definition) is 1. The van der Waals surface area contributed by atoms with E-state index in [0.29, 0.717) is 11.6 Å². The third-order valence-corrected chi connectivity index (χ3v) is 5.15. The highest BCUT2D eigenvalue weighted by atomic mass is 32.2. The van der Waals surface area contributed by atoms with Crippen molar-refractivity contribution >= 4 is 22.6 Å². The number of benzene rings is 1. The predicted octanol–water partition coefficient (Wildman–Crippen LogP) is 4.43. The van der Waals surface area contributed by atoms with E-state index in [1.54, 1.807) is 11.8 Å². The van der Waals surface area contributed by atoms with Gasteiger partial charge in [-0.3, -0.25) is 4.99 Å². The van der Waals surface area contributed by atoms with Crippen LogP contribution in [0.15, 0.2) is 23.2 Å². The van der Waals surface area contributed by atoms with Crippen LogP contribution in [0.25, 0.3) is 0 Å². The fraction of sp³-hybridized carbons (Fsp3) is 0.533. The minimum atomic E-state index is -0.572. The smallest absolute Gasteiger partial charge is 0.161 e. The summed E-state index contributed by atoms with van der Waals surface area (Å²) in [5.41, 5.74) is 0.464. The maximum absolute atomic E-state index is 13.2. The van der Waals surface area contributed by atoms with Crippen LogP contribution in [0, 0.1) is 17.6 Å². The first kappa shape index (κ1) is 13.9. The topological polar surface area (TPSA) is 24.4 Å². The van der Waals surface area contributed by atoms with Crippen LogP contribution in [0.2, 0.25) is 0 Å². The number of anilines is 1. The second-order valence-corrected chi connectivity index (χ2v) is 6.88. The number of halogens is 2. The van der Waals surface area contributed by atoms with Crippen LogP contribution in [0.3, 0.4) is 0 Å². The van der Waals surface area contributed by atoms with Crippen molar-refractivity contribution in [3.8, 4) is 0 Å². The van der Waals surface area contributed by atoms with E-state index in [2.05, 4.69) is 12.2 Å². The van der Waals surface area contributed by atoms with Crippen LogP contribution in [0.4, 0.5) is 14.5 Å². The number of nitrogens with zero attached hydrogens (tertiary/aromatic N) is 1. The maximum Gasteiger partial charge on any atom is 0.161 e. The molecule has 0 aromatic heterocycles. The van der Waals surface area contributed by atoms with Crippen molar-refractivity contribution in [2.24, 2.45) is 10.9 Å². The Bertz CT molecular complexity index is 526. The van der Waals surface area contributed by atoms with Gasteiger partial charge in [0.05, 0.1) is 5.54 Å². The van der Waals surface area contributed by atoms with Gasteiger partial charge in [0.2, 0.25) is 0 Å². The fourth-order valence-corrected chi connectivity index (χ4v) is 4.34. The average molecular weight is 296 g/mol. The van der Waals surface area contributed by atoms with Gasteiger partial charge in [0.25, 0.3) is 0 Å². The van der Waals surface area contributed by atoms with E-state index in [4.69, 9.17) is 4.99 Å². The lowest BCUT2D eigenvalue weighted by Crippen LogP contribution is -2.33. The molecule has 3 rings (SSSR count). The quantitative estimate of drug-likeness (QED) is 0.829. The SMILES string of the molecule is CC1CCCC2(CSC(Nc3cc(F)cc(F)c3)=N2)C1. The Morgan fingerprint density at radius 3 is 2.75 bits per heavy atom. The Morgan fingerprint density at radius 1 is 1.30 bits per heavy atom. The van der Waals surface area contributed by atoms with E-state index in [9.17, 15) is 8.78 Å². The average Bonchev–Trinajstić information content (AvgIpc) is 2.70. The van der Waals surface area contributed by atoms with Gasteiger partial charge in [0, 0.05) is 17.5 Å². The molecule has 5 heteroatoms. The lowest BCUT2D eigenvalue weighted by molar-refractivity contribution is 0.266. The Balaban J connectivity index is 1.75. The zero-order valence-corrected chi connectivity index (χ0v) is 12.3. The molecule has 20 heavy (non-hydrogen) atoms. The molecular weight excluding hydrogens is 278 g/mol. The molecule has 2 unspecified atom stereocenters. The molecule has 1 aromatic carbocycles. The van der Waals surface area contributed by atoms with Gasteiger partial charge in [-0.05, 0) is 30.9 Å². The third kappa shape index (κ3) is 2.97. The van der Waals surface area contributed by atoms with E-state index in [0.717, 1.165) is 29.8 Å². The van der Waals surface area contributed by atoms with Crippen LogP contribution in [0.5, 0.6) is 0 Å². The van der Waals surface area contributed by atoms with Crippen molar-refractivity contribution in [3.63, 3.8) is 0 Å². The zero-order chi connectivity index (χ0) is 14.2. The largest absolute Gasteiger partial charge is 0.335 e. The van der Waals surface area contributed by atoms with Crippen molar-refractivity contribution in [1.82, 2.24) is 0 Å². The summed E-state index contributed by atoms with van der Waals surface area (Å²) in [7, 11) is 0. The fourth-order valence-electron chi connectivity index (χ4n) is 3.16. The number of nitrogens with one attached hydrogen (secondary N) is 1. The molecule has 0 radical (unpaired) electrons. The van der Waals surface area contributed by atoms with Gasteiger partial charge in [-0.25, -0.2) is 8.78 Å². The van der Waals surface area contributed by atoms with Crippen molar-refractivity contribution in [3.05, 3.63) is 29.8 Å². The molecule has 1 aliphatic carbocycles. The lowest BCUT2D eigenvalue weighted by Gasteiger charge is -2.33. The molecule has 0 bridgehead atoms. The summed E-state index contributed by atoms with van der Waals surface area (Å²) in [5.74, 6) is 0.533. The van der Waals surface area contributed by atoms with Gasteiger partial charge in [-0.2, -0.15) is 0 Å². The molecule has 1 heterocycles. The van der Waals surface area contributed by atoms with E-state index < -0.39 is 11.6 Å². The monoisotopic (exact) mass is 296 g/mol. The minimum absolute atomic E-state index is 0.0382. The Hall–Kier alpha value is -1.10. The molecule has 1 fully saturated rings. The first-order valence-electron chi connectivity index (χ1n) is 7.00. The second-order valence-electron chi connectivity index (χ2n) is 5.91. The van der Waals surface area contributed by atoms with Crippen LogP contribution in [-0.4, -0.2) is 16.5 Å². The Kier molecular flexibility index (Phi) is 3.71. The normalized spacial score (nSPS) is 29.6. The summed E-state index contributed by atoms with van der Waals surface area (Å²) in [6, 6.07) is 3.46. The summed E-state index contributed by atoms with van der Waals surface area (Å²) in [6.07, 6.45) is 4.72. The molecule has 2 aliphatic rings. The molecule has 0 amide bonds. The van der Waals surface area contributed by atoms with Crippen molar-refractivity contribution in [2.45, 2.75) is 38.1 Å². The second kappa shape index (κ2) is 5.35. The van der Waals surface area contributed by atoms with Crippen LogP contribution in [0.1, 0.15) is 32.6 Å². The van der Waals surface area contributed by atoms with Crippen LogP contribution >= 0.6 is 11.8 Å². The van der Waals surface area contributed by atoms with Gasteiger partial charge in [0.1, 0.15) is 11.6 Å². The summed E-state index contributed by atoms with van der Waals surface area (Å²) in [5, 5.41) is 3.82. The van der Waals surface area contributed by atoms with E-state index in [1.165, 1.54) is 25.0 Å². The maximum atomic E-state index is 13.2. The zero-order valence-electron chi connectivity index (χ0n) is 11.5. The Labute approximate surface area is 122 Å². The van der Waals surface area contributed by atoms with Crippen molar-refractivity contribution in [2.75, 3.05) is 11.1 Å². The van der Waals surface area contributed by atoms with Gasteiger partial charge in [-0.1, -0.05) is 31.5 Å². The summed E-state index contributed by atoms with van der Waals surface area (Å²) in [6.45, 7) is 2.27. The first-order valence-corrected chi connectivity index (χ1v) is 7.99. The highest BCUT2D eigenvalue weighted by Gasteiger charge is 2.39. The number of aliphatic imine (C=N–C) groups is 1. The molecule has 1 N–H and O–H groups in total. The molecule has 1 saturated carbocycles. The predicted molar refractivity (Wildman–Crippen MR) is 80.2 cm³/mol. The van der Waals surface area contributed by atoms with E-state index in [1.807, 2.05) is 0 Å². The number of rotatable bonds is 1. The number of amidine groups is 1. The van der Waals surface area contributed by atoms with Gasteiger partial charge in [-0.15, -0.1) is 0 Å². The first-order chi connectivity index (χ1) is 9.55. The molecule has 1 aliphatic heterocycles. The minimum Gasteiger partial charge on any atom is -0.335 e. The van der Waals surface area contributed by atoms with Crippen LogP contribution < -0.4 is 5.32 Å². The molecular formula is C15H18F2N2S. The standard InChI is InChI=1S/C15H18F2N2S/c1-10-3-2-4-15(8-10)9-20-14(19-15)18-13-6-11(16)5-12(17)7-13/h5-7,10H,2-4,8-9H2,1H3,(H,18,19). The Morgan fingerprint density at radius 2 is 2.05 bits per heavy atom. The molecule has 1 aromatic rings. The van der Waals surface area contributed by atoms with E-state index >= 15 is 0 Å². The molecule has 0 saturated heterocycles. The highest BCUT2D eigenvalue weighted by Crippen LogP contribution is 2.42. The number of thioether (sulfide) groups is 1. The van der Waals surface area contributed by atoms with Gasteiger partial charge >= 0.3 is 0 Å². The molecule has 108 valence electrons. The highest BCUT2D eigenvalue weighted by molar-refractivity contribution is 8.14. The van der Waals surface area contributed by atoms with Crippen molar-refractivity contribution < 1.29 is 8.78 Å². The van der Waals surface area contributed by atoms with Crippen molar-refractivity contribution in [1.29, 1.82) is 0 Å². The lowest BCUT2D eigenvalue weighted by atomic mass is 9.78. The van der Waals surface area contributed by atoms with Gasteiger partial charge < -0.3 is 5.32 Å². The summed E-state index contributed by atoms with van der Waals surface area (Å²) in [4.78, 5) is 4.81. The van der Waals surface area contributed by atoms with Gasteiger partial charge in [0.15, 0.2) is 5.17 Å². The van der Waals surface area contributed by atoms with E-state index in [-0.39, 0.29) is 5.54 Å². The number of hydrogen-bond acceptors (Lipinski definition) is 3. The molecule has 1 spiro atoms. The summed E-state index contributed by atoms with van der Waals surface area (Å²) >= 11 is 1.65. The van der Waals surface area contributed by atoms with Crippen LogP contribution in [-0.2, 0) is 0 Å².